The molecule has 0 spiro atoms. The Morgan fingerprint density at radius 3 is 2.46 bits per heavy atom. The normalized spacial score (nSPS) is 10.7. The molecule has 0 saturated carbocycles. The van der Waals surface area contributed by atoms with E-state index in [2.05, 4.69) is 5.32 Å². The van der Waals surface area contributed by atoms with Crippen LogP contribution in [0.2, 0.25) is 0 Å². The smallest absolute Gasteiger partial charge is 0.250 e. The highest BCUT2D eigenvalue weighted by molar-refractivity contribution is 7.80. The molecular weight excluding hydrogens is 344 g/mol. The van der Waals surface area contributed by atoms with Gasteiger partial charge in [-0.15, -0.1) is 0 Å². The fourth-order valence-electron chi connectivity index (χ4n) is 2.40. The van der Waals surface area contributed by atoms with E-state index in [0.717, 1.165) is 23.2 Å². The Bertz CT molecular complexity index is 742. The quantitative estimate of drug-likeness (QED) is 0.445. The van der Waals surface area contributed by atoms with Crippen LogP contribution in [0.1, 0.15) is 24.0 Å². The summed E-state index contributed by atoms with van der Waals surface area (Å²) in [6, 6.07) is 17.6. The number of anilines is 1. The number of carbonyl (C=O) groups is 1. The lowest BCUT2D eigenvalue weighted by Crippen LogP contribution is -2.42. The van der Waals surface area contributed by atoms with Crippen LogP contribution in [0.3, 0.4) is 0 Å². The number of rotatable bonds is 7. The molecule has 0 bridgehead atoms. The van der Waals surface area contributed by atoms with Crippen molar-refractivity contribution in [1.29, 1.82) is 0 Å². The standard InChI is InChI=1S/C21H24N2O2S/c1-17-9-12-19(13-10-17)23(15-5-6-16-24)21(26)22-20(25)14-11-18-7-3-2-4-8-18/h2-4,7-14,24H,5-6,15-16H2,1H3,(H,22,25,26). The van der Waals surface area contributed by atoms with Crippen LogP contribution in [0, 0.1) is 6.92 Å². The van der Waals surface area contributed by atoms with Crippen molar-refractivity contribution in [3.8, 4) is 0 Å². The van der Waals surface area contributed by atoms with Gasteiger partial charge in [-0.3, -0.25) is 10.1 Å². The van der Waals surface area contributed by atoms with Gasteiger partial charge in [0.15, 0.2) is 5.11 Å². The molecule has 2 rings (SSSR count). The fraction of sp³-hybridized carbons (Fsp3) is 0.238. The molecule has 4 nitrogen and oxygen atoms in total. The van der Waals surface area contributed by atoms with Crippen LogP contribution >= 0.6 is 12.2 Å². The molecule has 0 aliphatic rings. The van der Waals surface area contributed by atoms with Gasteiger partial charge in [-0.25, -0.2) is 0 Å². The zero-order valence-corrected chi connectivity index (χ0v) is 15.7. The van der Waals surface area contributed by atoms with Crippen LogP contribution in [0.4, 0.5) is 5.69 Å². The Labute approximate surface area is 160 Å². The van der Waals surface area contributed by atoms with Crippen molar-refractivity contribution in [2.24, 2.45) is 0 Å². The highest BCUT2D eigenvalue weighted by Crippen LogP contribution is 2.16. The maximum Gasteiger partial charge on any atom is 0.250 e. The van der Waals surface area contributed by atoms with Gasteiger partial charge in [0.25, 0.3) is 0 Å². The average molecular weight is 369 g/mol. The Kier molecular flexibility index (Phi) is 7.99. The molecule has 2 N–H and O–H groups in total. The van der Waals surface area contributed by atoms with Gasteiger partial charge in [0.05, 0.1) is 0 Å². The molecule has 0 aliphatic heterocycles. The first-order valence-corrected chi connectivity index (χ1v) is 9.04. The summed E-state index contributed by atoms with van der Waals surface area (Å²) in [4.78, 5) is 14.1. The van der Waals surface area contributed by atoms with Gasteiger partial charge < -0.3 is 10.0 Å². The molecule has 0 aliphatic carbocycles. The predicted molar refractivity (Wildman–Crippen MR) is 111 cm³/mol. The van der Waals surface area contributed by atoms with E-state index in [0.29, 0.717) is 18.1 Å². The zero-order valence-electron chi connectivity index (χ0n) is 14.9. The van der Waals surface area contributed by atoms with E-state index in [1.165, 1.54) is 6.08 Å². The lowest BCUT2D eigenvalue weighted by molar-refractivity contribution is -0.115. The van der Waals surface area contributed by atoms with Gasteiger partial charge in [0.2, 0.25) is 5.91 Å². The number of nitrogens with zero attached hydrogens (tertiary/aromatic N) is 1. The van der Waals surface area contributed by atoms with Crippen LogP contribution in [0.5, 0.6) is 0 Å². The summed E-state index contributed by atoms with van der Waals surface area (Å²) in [6.07, 6.45) is 4.69. The number of thiocarbonyl (C=S) groups is 1. The first-order valence-electron chi connectivity index (χ1n) is 8.63. The Balaban J connectivity index is 2.03. The molecule has 2 aromatic carbocycles. The van der Waals surface area contributed by atoms with Crippen LogP contribution in [-0.4, -0.2) is 29.3 Å². The maximum absolute atomic E-state index is 12.2. The Morgan fingerprint density at radius 1 is 1.12 bits per heavy atom. The maximum atomic E-state index is 12.2. The summed E-state index contributed by atoms with van der Waals surface area (Å²) in [7, 11) is 0. The van der Waals surface area contributed by atoms with Crippen molar-refractivity contribution >= 4 is 35.0 Å². The van der Waals surface area contributed by atoms with Gasteiger partial charge in [-0.1, -0.05) is 48.0 Å². The molecule has 2 aromatic rings. The molecule has 26 heavy (non-hydrogen) atoms. The molecule has 0 aromatic heterocycles. The lowest BCUT2D eigenvalue weighted by Gasteiger charge is -2.25. The van der Waals surface area contributed by atoms with Gasteiger partial charge in [0.1, 0.15) is 0 Å². The molecule has 0 atom stereocenters. The van der Waals surface area contributed by atoms with E-state index in [1.807, 2.05) is 66.4 Å². The molecule has 136 valence electrons. The molecule has 0 unspecified atom stereocenters. The van der Waals surface area contributed by atoms with Crippen LogP contribution in [0.15, 0.2) is 60.7 Å². The van der Waals surface area contributed by atoms with E-state index in [-0.39, 0.29) is 12.5 Å². The number of carbonyl (C=O) groups excluding carboxylic acids is 1. The monoisotopic (exact) mass is 368 g/mol. The van der Waals surface area contributed by atoms with Gasteiger partial charge in [0, 0.05) is 24.9 Å². The summed E-state index contributed by atoms with van der Waals surface area (Å²) in [6.45, 7) is 2.79. The number of benzene rings is 2. The molecular formula is C21H24N2O2S. The summed E-state index contributed by atoms with van der Waals surface area (Å²) in [5.41, 5.74) is 3.03. The Hall–Kier alpha value is -2.50. The number of aliphatic hydroxyl groups excluding tert-OH is 1. The first-order chi connectivity index (χ1) is 12.6. The summed E-state index contributed by atoms with van der Waals surface area (Å²) < 4.78 is 0. The number of aryl methyl sites for hydroxylation is 1. The third-order valence-corrected chi connectivity index (χ3v) is 4.16. The van der Waals surface area contributed by atoms with E-state index in [1.54, 1.807) is 6.08 Å². The average Bonchev–Trinajstić information content (AvgIpc) is 2.65. The third-order valence-electron chi connectivity index (χ3n) is 3.84. The first kappa shape index (κ1) is 19.8. The van der Waals surface area contributed by atoms with Crippen molar-refractivity contribution < 1.29 is 9.90 Å². The molecule has 0 heterocycles. The van der Waals surface area contributed by atoms with E-state index >= 15 is 0 Å². The zero-order chi connectivity index (χ0) is 18.8. The Morgan fingerprint density at radius 2 is 1.81 bits per heavy atom. The summed E-state index contributed by atoms with van der Waals surface area (Å²) in [5.74, 6) is -0.266. The highest BCUT2D eigenvalue weighted by Gasteiger charge is 2.13. The van der Waals surface area contributed by atoms with Crippen molar-refractivity contribution in [2.75, 3.05) is 18.1 Å². The van der Waals surface area contributed by atoms with Crippen molar-refractivity contribution in [3.05, 3.63) is 71.8 Å². The minimum atomic E-state index is -0.266. The van der Waals surface area contributed by atoms with Crippen molar-refractivity contribution in [2.45, 2.75) is 19.8 Å². The molecule has 0 fully saturated rings. The number of hydrogen-bond donors (Lipinski definition) is 2. The summed E-state index contributed by atoms with van der Waals surface area (Å²) in [5, 5.41) is 12.1. The topological polar surface area (TPSA) is 52.6 Å². The molecule has 5 heteroatoms. The second-order valence-corrected chi connectivity index (χ2v) is 6.34. The minimum absolute atomic E-state index is 0.140. The van der Waals surface area contributed by atoms with E-state index in [4.69, 9.17) is 17.3 Å². The van der Waals surface area contributed by atoms with Gasteiger partial charge >= 0.3 is 0 Å². The molecule has 0 radical (unpaired) electrons. The van der Waals surface area contributed by atoms with Gasteiger partial charge in [-0.05, 0) is 55.8 Å². The number of nitrogens with one attached hydrogen (secondary N) is 1. The van der Waals surface area contributed by atoms with Crippen LogP contribution in [-0.2, 0) is 4.79 Å². The minimum Gasteiger partial charge on any atom is -0.396 e. The van der Waals surface area contributed by atoms with Crippen molar-refractivity contribution in [1.82, 2.24) is 5.32 Å². The highest BCUT2D eigenvalue weighted by atomic mass is 32.1. The number of aliphatic hydroxyl groups is 1. The van der Waals surface area contributed by atoms with Crippen LogP contribution < -0.4 is 10.2 Å². The lowest BCUT2D eigenvalue weighted by atomic mass is 10.2. The van der Waals surface area contributed by atoms with E-state index in [9.17, 15) is 4.79 Å². The van der Waals surface area contributed by atoms with Crippen molar-refractivity contribution in [3.63, 3.8) is 0 Å². The fourth-order valence-corrected chi connectivity index (χ4v) is 2.70. The van der Waals surface area contributed by atoms with E-state index < -0.39 is 0 Å². The second kappa shape index (κ2) is 10.5. The SMILES string of the molecule is Cc1ccc(N(CCCCO)C(=S)NC(=O)C=Cc2ccccc2)cc1. The van der Waals surface area contributed by atoms with Crippen LogP contribution in [0.25, 0.3) is 6.08 Å². The molecule has 0 saturated heterocycles. The third kappa shape index (κ3) is 6.43. The predicted octanol–water partition coefficient (Wildman–Crippen LogP) is 3.69. The largest absolute Gasteiger partial charge is 0.396 e. The summed E-state index contributed by atoms with van der Waals surface area (Å²) >= 11 is 5.44. The second-order valence-electron chi connectivity index (χ2n) is 5.96. The molecule has 1 amide bonds. The number of unbranched alkanes of at least 4 members (excludes halogenated alkanes) is 1. The van der Waals surface area contributed by atoms with Gasteiger partial charge in [-0.2, -0.15) is 0 Å². The number of amides is 1. The number of hydrogen-bond acceptors (Lipinski definition) is 3.